The van der Waals surface area contributed by atoms with Gasteiger partial charge < -0.3 is 10.6 Å². The summed E-state index contributed by atoms with van der Waals surface area (Å²) in [5.74, 6) is -1.43. The van der Waals surface area contributed by atoms with E-state index >= 15 is 0 Å². The molecule has 0 bridgehead atoms. The molecule has 27 heavy (non-hydrogen) atoms. The van der Waals surface area contributed by atoms with Crippen LogP contribution in [0.5, 0.6) is 0 Å². The molecule has 1 aliphatic carbocycles. The number of nitrogens with zero attached hydrogens (tertiary/aromatic N) is 1. The minimum absolute atomic E-state index is 0.0424. The summed E-state index contributed by atoms with van der Waals surface area (Å²) >= 11 is 0.957. The molecule has 0 spiro atoms. The highest BCUT2D eigenvalue weighted by Gasteiger charge is 2.29. The van der Waals surface area contributed by atoms with Crippen molar-refractivity contribution in [1.29, 1.82) is 0 Å². The van der Waals surface area contributed by atoms with Crippen molar-refractivity contribution in [2.45, 2.75) is 76.7 Å². The summed E-state index contributed by atoms with van der Waals surface area (Å²) in [6, 6.07) is 0.0424. The summed E-state index contributed by atoms with van der Waals surface area (Å²) in [4.78, 5) is 48.3. The molecule has 0 unspecified atom stereocenters. The molecule has 0 aromatic rings. The molecule has 4 amide bonds. The fraction of sp³-hybridized carbons (Fsp3) is 0.789. The van der Waals surface area contributed by atoms with Gasteiger partial charge in [0.2, 0.25) is 5.91 Å². The van der Waals surface area contributed by atoms with Gasteiger partial charge in [0.05, 0.1) is 5.75 Å². The van der Waals surface area contributed by atoms with Crippen LogP contribution in [0.15, 0.2) is 0 Å². The molecule has 152 valence electrons. The van der Waals surface area contributed by atoms with E-state index in [-0.39, 0.29) is 36.0 Å². The summed E-state index contributed by atoms with van der Waals surface area (Å²) in [6.07, 6.45) is 12.7. The summed E-state index contributed by atoms with van der Waals surface area (Å²) in [7, 11) is 0. The topological polar surface area (TPSA) is 95.6 Å². The summed E-state index contributed by atoms with van der Waals surface area (Å²) < 4.78 is 0. The molecule has 0 aromatic heterocycles. The lowest BCUT2D eigenvalue weighted by molar-refractivity contribution is -0.139. The molecule has 2 fully saturated rings. The Morgan fingerprint density at radius 2 is 1.44 bits per heavy atom. The number of imide groups is 1. The van der Waals surface area contributed by atoms with Crippen molar-refractivity contribution in [2.24, 2.45) is 0 Å². The molecule has 1 aliphatic heterocycles. The fourth-order valence-corrected chi connectivity index (χ4v) is 4.27. The highest BCUT2D eigenvalue weighted by Crippen LogP contribution is 2.18. The molecule has 2 N–H and O–H groups in total. The maximum atomic E-state index is 12.2. The first kappa shape index (κ1) is 21.7. The van der Waals surface area contributed by atoms with Gasteiger partial charge in [0.15, 0.2) is 0 Å². The second-order valence-corrected chi connectivity index (χ2v) is 8.21. The lowest BCUT2D eigenvalue weighted by Crippen LogP contribution is -2.46. The van der Waals surface area contributed by atoms with Crippen molar-refractivity contribution >= 4 is 34.7 Å². The number of carbonyl (C=O) groups is 4. The van der Waals surface area contributed by atoms with Crippen LogP contribution in [-0.2, 0) is 14.4 Å². The van der Waals surface area contributed by atoms with Crippen molar-refractivity contribution in [2.75, 3.05) is 18.8 Å². The van der Waals surface area contributed by atoms with E-state index in [1.807, 2.05) is 0 Å². The normalized spacial score (nSPS) is 20.7. The second kappa shape index (κ2) is 12.0. The van der Waals surface area contributed by atoms with Crippen LogP contribution in [0.2, 0.25) is 0 Å². The molecule has 0 radical (unpaired) electrons. The summed E-state index contributed by atoms with van der Waals surface area (Å²) in [5, 5.41) is 5.07. The van der Waals surface area contributed by atoms with Crippen LogP contribution in [0.1, 0.15) is 70.6 Å². The van der Waals surface area contributed by atoms with Gasteiger partial charge in [-0.3, -0.25) is 24.1 Å². The number of nitrogens with one attached hydrogen (secondary N) is 2. The monoisotopic (exact) mass is 397 g/mol. The van der Waals surface area contributed by atoms with Gasteiger partial charge in [-0.1, -0.05) is 69.5 Å². The maximum absolute atomic E-state index is 12.2. The van der Waals surface area contributed by atoms with Crippen LogP contribution < -0.4 is 10.6 Å². The van der Waals surface area contributed by atoms with Crippen molar-refractivity contribution in [3.63, 3.8) is 0 Å². The molecule has 7 nitrogen and oxygen atoms in total. The van der Waals surface area contributed by atoms with E-state index in [1.165, 1.54) is 44.9 Å². The lowest BCUT2D eigenvalue weighted by Gasteiger charge is -2.19. The van der Waals surface area contributed by atoms with Crippen molar-refractivity contribution in [3.05, 3.63) is 0 Å². The number of hydrogen-bond donors (Lipinski definition) is 2. The minimum Gasteiger partial charge on any atom is -0.346 e. The molecule has 2 rings (SSSR count). The van der Waals surface area contributed by atoms with Crippen LogP contribution in [0.3, 0.4) is 0 Å². The summed E-state index contributed by atoms with van der Waals surface area (Å²) in [6.45, 7) is 0.197. The first-order valence-electron chi connectivity index (χ1n) is 10.1. The number of rotatable bonds is 4. The SMILES string of the molecule is O=C(NCCN1C(=O)CSC1=O)C(=O)NC1CCCCCCCCCCC1. The van der Waals surface area contributed by atoms with Gasteiger partial charge in [0.25, 0.3) is 5.24 Å². The predicted molar refractivity (Wildman–Crippen MR) is 105 cm³/mol. The fourth-order valence-electron chi connectivity index (χ4n) is 3.52. The van der Waals surface area contributed by atoms with E-state index < -0.39 is 11.8 Å². The van der Waals surface area contributed by atoms with Gasteiger partial charge >= 0.3 is 11.8 Å². The molecular weight excluding hydrogens is 366 g/mol. The molecule has 1 saturated heterocycles. The third-order valence-corrected chi connectivity index (χ3v) is 5.97. The smallest absolute Gasteiger partial charge is 0.309 e. The van der Waals surface area contributed by atoms with Gasteiger partial charge in [0.1, 0.15) is 0 Å². The average molecular weight is 398 g/mol. The van der Waals surface area contributed by atoms with E-state index in [0.717, 1.165) is 42.3 Å². The van der Waals surface area contributed by atoms with Crippen molar-refractivity contribution < 1.29 is 19.2 Å². The van der Waals surface area contributed by atoms with Gasteiger partial charge in [-0.2, -0.15) is 0 Å². The third kappa shape index (κ3) is 7.91. The van der Waals surface area contributed by atoms with E-state index in [2.05, 4.69) is 10.6 Å². The Labute approximate surface area is 165 Å². The first-order valence-corrected chi connectivity index (χ1v) is 11.1. The van der Waals surface area contributed by atoms with Gasteiger partial charge in [0, 0.05) is 19.1 Å². The maximum Gasteiger partial charge on any atom is 0.309 e. The largest absolute Gasteiger partial charge is 0.346 e. The van der Waals surface area contributed by atoms with Gasteiger partial charge in [-0.15, -0.1) is 0 Å². The zero-order valence-corrected chi connectivity index (χ0v) is 16.8. The Bertz CT molecular complexity index is 513. The Hall–Kier alpha value is -1.57. The summed E-state index contributed by atoms with van der Waals surface area (Å²) in [5.41, 5.74) is 0. The zero-order valence-electron chi connectivity index (χ0n) is 16.0. The van der Waals surface area contributed by atoms with Crippen LogP contribution in [0, 0.1) is 0 Å². The highest BCUT2D eigenvalue weighted by atomic mass is 32.2. The third-order valence-electron chi connectivity index (χ3n) is 5.11. The minimum atomic E-state index is -0.701. The quantitative estimate of drug-likeness (QED) is 0.711. The van der Waals surface area contributed by atoms with Crippen LogP contribution in [0.4, 0.5) is 4.79 Å². The van der Waals surface area contributed by atoms with Crippen LogP contribution in [-0.4, -0.2) is 52.7 Å². The Balaban J connectivity index is 1.71. The molecular formula is C19H31N3O4S. The number of amides is 4. The first-order chi connectivity index (χ1) is 13.1. The molecule has 2 aliphatic rings. The van der Waals surface area contributed by atoms with E-state index in [9.17, 15) is 19.2 Å². The van der Waals surface area contributed by atoms with Gasteiger partial charge in [-0.05, 0) is 12.8 Å². The molecule has 1 saturated carbocycles. The molecule has 8 heteroatoms. The Morgan fingerprint density at radius 1 is 0.889 bits per heavy atom. The van der Waals surface area contributed by atoms with Gasteiger partial charge in [-0.25, -0.2) is 0 Å². The molecule has 1 heterocycles. The van der Waals surface area contributed by atoms with E-state index in [0.29, 0.717) is 0 Å². The van der Waals surface area contributed by atoms with E-state index in [1.54, 1.807) is 0 Å². The Morgan fingerprint density at radius 3 is 1.96 bits per heavy atom. The molecule has 0 atom stereocenters. The number of carbonyl (C=O) groups excluding carboxylic acids is 4. The lowest BCUT2D eigenvalue weighted by atomic mass is 9.98. The van der Waals surface area contributed by atoms with E-state index in [4.69, 9.17) is 0 Å². The number of hydrogen-bond acceptors (Lipinski definition) is 5. The van der Waals surface area contributed by atoms with Crippen LogP contribution in [0.25, 0.3) is 0 Å². The van der Waals surface area contributed by atoms with Crippen LogP contribution >= 0.6 is 11.8 Å². The van der Waals surface area contributed by atoms with Crippen molar-refractivity contribution in [3.8, 4) is 0 Å². The standard InChI is InChI=1S/C19H31N3O4S/c23-16-14-27-19(26)22(16)13-12-20-17(24)18(25)21-15-10-8-6-4-2-1-3-5-7-9-11-15/h15H,1-14H2,(H,20,24)(H,21,25). The zero-order chi connectivity index (χ0) is 19.5. The molecule has 0 aromatic carbocycles. The predicted octanol–water partition coefficient (Wildman–Crippen LogP) is 2.59. The average Bonchev–Trinajstić information content (AvgIpc) is 2.95. The van der Waals surface area contributed by atoms with Crippen molar-refractivity contribution in [1.82, 2.24) is 15.5 Å². The highest BCUT2D eigenvalue weighted by molar-refractivity contribution is 8.14. The number of thioether (sulfide) groups is 1. The Kier molecular flexibility index (Phi) is 9.66. The second-order valence-electron chi connectivity index (χ2n) is 7.29.